The maximum atomic E-state index is 11.7. The maximum Gasteiger partial charge on any atom is 0.222 e. The quantitative estimate of drug-likeness (QED) is 0.411. The fourth-order valence-corrected chi connectivity index (χ4v) is 3.26. The Bertz CT molecular complexity index is 943. The lowest BCUT2D eigenvalue weighted by molar-refractivity contribution is 0.102. The third-order valence-corrected chi connectivity index (χ3v) is 4.58. The summed E-state index contributed by atoms with van der Waals surface area (Å²) in [6, 6.07) is 13.9. The molecule has 0 fully saturated rings. The molecule has 148 valence electrons. The number of ketones is 1. The van der Waals surface area contributed by atoms with Crippen LogP contribution in [0.25, 0.3) is 11.3 Å². The van der Waals surface area contributed by atoms with Gasteiger partial charge in [-0.2, -0.15) is 4.98 Å². The Morgan fingerprint density at radius 2 is 1.93 bits per heavy atom. The van der Waals surface area contributed by atoms with Gasteiger partial charge in [0, 0.05) is 29.4 Å². The van der Waals surface area contributed by atoms with Crippen molar-refractivity contribution in [2.75, 3.05) is 17.6 Å². The van der Waals surface area contributed by atoms with Crippen LogP contribution in [0.4, 0.5) is 11.8 Å². The van der Waals surface area contributed by atoms with Crippen molar-refractivity contribution >= 4 is 40.2 Å². The normalized spacial score (nSPS) is 11.2. The minimum absolute atomic E-state index is 0.0239. The van der Waals surface area contributed by atoms with E-state index in [9.17, 15) is 4.79 Å². The van der Waals surface area contributed by atoms with Crippen LogP contribution in [0.3, 0.4) is 0 Å². The Morgan fingerprint density at radius 3 is 2.57 bits per heavy atom. The molecular weight excluding hydrogens is 398 g/mol. The number of anilines is 2. The van der Waals surface area contributed by atoms with Gasteiger partial charge in [-0.25, -0.2) is 4.98 Å². The highest BCUT2D eigenvalue weighted by Crippen LogP contribution is 2.29. The van der Waals surface area contributed by atoms with E-state index >= 15 is 0 Å². The van der Waals surface area contributed by atoms with Crippen molar-refractivity contribution in [2.24, 2.45) is 5.14 Å². The van der Waals surface area contributed by atoms with Crippen molar-refractivity contribution < 1.29 is 13.6 Å². The molecule has 0 radical (unpaired) electrons. The Kier molecular flexibility index (Phi) is 8.20. The third kappa shape index (κ3) is 6.82. The van der Waals surface area contributed by atoms with E-state index in [0.29, 0.717) is 16.4 Å². The van der Waals surface area contributed by atoms with Crippen LogP contribution in [0.15, 0.2) is 47.8 Å². The zero-order valence-corrected chi connectivity index (χ0v) is 16.8. The Balaban J connectivity index is 0.000000640. The fraction of sp³-hybridized carbons (Fsp3) is 0.167. The number of carbonyl (C=O) groups is 1. The summed E-state index contributed by atoms with van der Waals surface area (Å²) in [6.07, 6.45) is 0.886. The van der Waals surface area contributed by atoms with Gasteiger partial charge in [0.05, 0.1) is 10.6 Å². The lowest BCUT2D eigenvalue weighted by atomic mass is 10.1. The van der Waals surface area contributed by atoms with Gasteiger partial charge in [0.2, 0.25) is 5.95 Å². The van der Waals surface area contributed by atoms with Crippen molar-refractivity contribution in [1.82, 2.24) is 9.97 Å². The molecule has 0 saturated heterocycles. The Labute approximate surface area is 169 Å². The molecule has 0 aliphatic heterocycles. The number of nitrogens with two attached hydrogens (primary N) is 2. The number of nitrogens with zero attached hydrogens (tertiary/aromatic N) is 2. The van der Waals surface area contributed by atoms with Gasteiger partial charge in [0.15, 0.2) is 5.78 Å². The summed E-state index contributed by atoms with van der Waals surface area (Å²) in [5.41, 5.74) is 8.55. The number of Topliss-reactive ketones (excluding diaryl/α,β-unsaturated/α-hetero) is 1. The van der Waals surface area contributed by atoms with Gasteiger partial charge in [0.1, 0.15) is 5.82 Å². The topological polar surface area (TPSA) is 147 Å². The molecule has 2 heterocycles. The summed E-state index contributed by atoms with van der Waals surface area (Å²) in [5.74, 6) is 0.875. The molecule has 0 bridgehead atoms. The second-order valence-electron chi connectivity index (χ2n) is 5.64. The van der Waals surface area contributed by atoms with E-state index < -0.39 is 11.3 Å². The SMILES string of the molecule is CC(=O)c1sccc1-c1cc(NCCc2ccccc2)nc(N)n1.NS(=O)[O-]. The van der Waals surface area contributed by atoms with E-state index in [0.717, 1.165) is 18.5 Å². The molecule has 0 aliphatic rings. The van der Waals surface area contributed by atoms with Crippen LogP contribution in [-0.2, 0) is 17.7 Å². The molecule has 2 aromatic heterocycles. The molecule has 0 spiro atoms. The van der Waals surface area contributed by atoms with Crippen molar-refractivity contribution in [1.29, 1.82) is 0 Å². The first kappa shape index (κ1) is 21.6. The number of aromatic nitrogens is 2. The first-order valence-electron chi connectivity index (χ1n) is 8.21. The first-order chi connectivity index (χ1) is 13.4. The molecular formula is C18H20N5O3S2-. The molecule has 3 rings (SSSR count). The number of benzene rings is 1. The first-order valence-corrected chi connectivity index (χ1v) is 10.2. The highest BCUT2D eigenvalue weighted by molar-refractivity contribution is 7.76. The second kappa shape index (κ2) is 10.6. The highest BCUT2D eigenvalue weighted by Gasteiger charge is 2.13. The average molecular weight is 419 g/mol. The van der Waals surface area contributed by atoms with E-state index in [4.69, 9.17) is 14.5 Å². The summed E-state index contributed by atoms with van der Waals surface area (Å²) in [5, 5.41) is 9.18. The lowest BCUT2D eigenvalue weighted by Gasteiger charge is -2.09. The van der Waals surface area contributed by atoms with Crippen LogP contribution in [0.2, 0.25) is 0 Å². The van der Waals surface area contributed by atoms with E-state index in [1.54, 1.807) is 6.92 Å². The summed E-state index contributed by atoms with van der Waals surface area (Å²) >= 11 is -0.953. The number of nitrogens with one attached hydrogen (secondary N) is 1. The Hall–Kier alpha value is -2.66. The summed E-state index contributed by atoms with van der Waals surface area (Å²) in [6.45, 7) is 2.29. The van der Waals surface area contributed by atoms with Gasteiger partial charge in [-0.1, -0.05) is 30.3 Å². The third-order valence-electron chi connectivity index (χ3n) is 3.57. The fourth-order valence-electron chi connectivity index (χ4n) is 2.46. The molecule has 1 atom stereocenters. The van der Waals surface area contributed by atoms with Crippen LogP contribution < -0.4 is 16.2 Å². The van der Waals surface area contributed by atoms with Gasteiger partial charge >= 0.3 is 0 Å². The summed E-state index contributed by atoms with van der Waals surface area (Å²) < 4.78 is 17.6. The molecule has 0 aliphatic carbocycles. The molecule has 3 aromatic rings. The molecule has 10 heteroatoms. The van der Waals surface area contributed by atoms with Gasteiger partial charge in [-0.05, 0) is 30.4 Å². The van der Waals surface area contributed by atoms with Crippen molar-refractivity contribution in [3.63, 3.8) is 0 Å². The minimum atomic E-state index is -2.36. The van der Waals surface area contributed by atoms with Gasteiger partial charge < -0.3 is 15.6 Å². The standard InChI is InChI=1S/C18H18N4OS.H3NO2S/c1-12(23)17-14(8-10-24-17)15-11-16(22-18(19)21-15)20-9-7-13-5-3-2-4-6-13;1-4(2)3/h2-6,8,10-11H,7,9H2,1H3,(H3,19,20,21,22);1H2,(H,2,3)/p-1. The smallest absolute Gasteiger partial charge is 0.222 e. The van der Waals surface area contributed by atoms with Crippen LogP contribution in [0.5, 0.6) is 0 Å². The highest BCUT2D eigenvalue weighted by atomic mass is 32.2. The minimum Gasteiger partial charge on any atom is -0.760 e. The van der Waals surface area contributed by atoms with Crippen molar-refractivity contribution in [3.05, 3.63) is 58.3 Å². The van der Waals surface area contributed by atoms with E-state index in [1.807, 2.05) is 35.7 Å². The number of carbonyl (C=O) groups excluding carboxylic acids is 1. The van der Waals surface area contributed by atoms with Crippen LogP contribution in [0, 0.1) is 0 Å². The number of rotatable bonds is 6. The molecule has 0 amide bonds. The summed E-state index contributed by atoms with van der Waals surface area (Å²) in [4.78, 5) is 20.9. The molecule has 28 heavy (non-hydrogen) atoms. The van der Waals surface area contributed by atoms with Crippen LogP contribution in [0.1, 0.15) is 22.2 Å². The monoisotopic (exact) mass is 418 g/mol. The molecule has 8 nitrogen and oxygen atoms in total. The van der Waals surface area contributed by atoms with Gasteiger partial charge in [0.25, 0.3) is 0 Å². The van der Waals surface area contributed by atoms with E-state index in [2.05, 4.69) is 32.6 Å². The number of hydrogen-bond donors (Lipinski definition) is 3. The average Bonchev–Trinajstić information content (AvgIpc) is 3.12. The van der Waals surface area contributed by atoms with Gasteiger partial charge in [-0.15, -0.1) is 11.3 Å². The maximum absolute atomic E-state index is 11.7. The molecule has 0 saturated carbocycles. The zero-order valence-electron chi connectivity index (χ0n) is 15.1. The summed E-state index contributed by atoms with van der Waals surface area (Å²) in [7, 11) is 0. The van der Waals surface area contributed by atoms with Gasteiger partial charge in [-0.3, -0.25) is 14.1 Å². The van der Waals surface area contributed by atoms with Crippen molar-refractivity contribution in [2.45, 2.75) is 13.3 Å². The number of hydrogen-bond acceptors (Lipinski definition) is 8. The zero-order chi connectivity index (χ0) is 20.5. The largest absolute Gasteiger partial charge is 0.760 e. The molecule has 1 aromatic carbocycles. The Morgan fingerprint density at radius 1 is 1.25 bits per heavy atom. The lowest BCUT2D eigenvalue weighted by Crippen LogP contribution is -2.08. The number of thiophene rings is 1. The van der Waals surface area contributed by atoms with Crippen LogP contribution in [-0.4, -0.2) is 31.1 Å². The number of nitrogen functional groups attached to an aromatic ring is 1. The van der Waals surface area contributed by atoms with E-state index in [-0.39, 0.29) is 11.7 Å². The second-order valence-corrected chi connectivity index (χ2v) is 7.08. The van der Waals surface area contributed by atoms with Crippen molar-refractivity contribution in [3.8, 4) is 11.3 Å². The molecule has 5 N–H and O–H groups in total. The van der Waals surface area contributed by atoms with E-state index in [1.165, 1.54) is 16.9 Å². The van der Waals surface area contributed by atoms with Crippen LogP contribution >= 0.6 is 11.3 Å². The predicted octanol–water partition coefficient (Wildman–Crippen LogP) is 2.38. The molecule has 1 unspecified atom stereocenters. The predicted molar refractivity (Wildman–Crippen MR) is 112 cm³/mol.